The smallest absolute Gasteiger partial charge is 0.168 e. The average Bonchev–Trinajstić information content (AvgIpc) is 3.08. The van der Waals surface area contributed by atoms with Gasteiger partial charge in [0.05, 0.1) is 17.3 Å². The van der Waals surface area contributed by atoms with Crippen molar-refractivity contribution in [1.29, 1.82) is 0 Å². The van der Waals surface area contributed by atoms with Crippen LogP contribution in [0.5, 0.6) is 0 Å². The van der Waals surface area contributed by atoms with E-state index in [4.69, 9.17) is 0 Å². The second-order valence-electron chi connectivity index (χ2n) is 5.63. The van der Waals surface area contributed by atoms with Crippen LogP contribution in [0.25, 0.3) is 16.7 Å². The molecular formula is C19H17N5. The molecule has 1 N–H and O–H groups in total. The summed E-state index contributed by atoms with van der Waals surface area (Å²) in [6, 6.07) is 20.4. The van der Waals surface area contributed by atoms with E-state index in [1.165, 1.54) is 5.56 Å². The van der Waals surface area contributed by atoms with E-state index in [2.05, 4.69) is 39.4 Å². The molecule has 0 unspecified atom stereocenters. The summed E-state index contributed by atoms with van der Waals surface area (Å²) in [7, 11) is 0. The summed E-state index contributed by atoms with van der Waals surface area (Å²) in [4.78, 5) is 8.81. The van der Waals surface area contributed by atoms with Gasteiger partial charge in [0.25, 0.3) is 0 Å². The van der Waals surface area contributed by atoms with Crippen molar-refractivity contribution in [3.05, 3.63) is 78.8 Å². The van der Waals surface area contributed by atoms with Crippen molar-refractivity contribution in [2.75, 3.05) is 5.32 Å². The SMILES string of the molecule is C[C@@H](Nc1ncnc2c1cnn2-c1ccccc1)c1ccccc1. The molecule has 0 bridgehead atoms. The van der Waals surface area contributed by atoms with Crippen molar-refractivity contribution in [3.8, 4) is 5.69 Å². The second kappa shape index (κ2) is 6.12. The van der Waals surface area contributed by atoms with Crippen molar-refractivity contribution >= 4 is 16.9 Å². The summed E-state index contributed by atoms with van der Waals surface area (Å²) in [5.74, 6) is 0.790. The van der Waals surface area contributed by atoms with Crippen LogP contribution in [0.4, 0.5) is 5.82 Å². The molecule has 24 heavy (non-hydrogen) atoms. The molecule has 4 aromatic rings. The van der Waals surface area contributed by atoms with E-state index in [0.717, 1.165) is 22.5 Å². The first kappa shape index (κ1) is 14.4. The molecule has 5 nitrogen and oxygen atoms in total. The fourth-order valence-corrected chi connectivity index (χ4v) is 2.75. The molecule has 0 aliphatic heterocycles. The van der Waals surface area contributed by atoms with Gasteiger partial charge in [0.2, 0.25) is 0 Å². The Morgan fingerprint density at radius 2 is 1.62 bits per heavy atom. The number of fused-ring (bicyclic) bond motifs is 1. The Morgan fingerprint density at radius 1 is 0.917 bits per heavy atom. The van der Waals surface area contributed by atoms with E-state index in [1.54, 1.807) is 6.33 Å². The third-order valence-electron chi connectivity index (χ3n) is 4.02. The van der Waals surface area contributed by atoms with Gasteiger partial charge in [-0.05, 0) is 24.6 Å². The van der Waals surface area contributed by atoms with E-state index in [1.807, 2.05) is 59.4 Å². The maximum absolute atomic E-state index is 4.48. The number of nitrogens with one attached hydrogen (secondary N) is 1. The maximum atomic E-state index is 4.48. The van der Waals surface area contributed by atoms with Crippen LogP contribution >= 0.6 is 0 Å². The first-order valence-corrected chi connectivity index (χ1v) is 7.88. The molecule has 0 saturated carbocycles. The first-order valence-electron chi connectivity index (χ1n) is 7.88. The predicted molar refractivity (Wildman–Crippen MR) is 95.1 cm³/mol. The van der Waals surface area contributed by atoms with Gasteiger partial charge in [-0.15, -0.1) is 0 Å². The van der Waals surface area contributed by atoms with E-state index >= 15 is 0 Å². The minimum atomic E-state index is 0.143. The van der Waals surface area contributed by atoms with Crippen molar-refractivity contribution in [2.24, 2.45) is 0 Å². The first-order chi connectivity index (χ1) is 11.8. The lowest BCUT2D eigenvalue weighted by Gasteiger charge is -2.15. The lowest BCUT2D eigenvalue weighted by Crippen LogP contribution is -2.08. The highest BCUT2D eigenvalue weighted by Gasteiger charge is 2.13. The summed E-state index contributed by atoms with van der Waals surface area (Å²) >= 11 is 0. The van der Waals surface area contributed by atoms with Crippen LogP contribution in [-0.2, 0) is 0 Å². The highest BCUT2D eigenvalue weighted by atomic mass is 15.3. The van der Waals surface area contributed by atoms with Gasteiger partial charge in [-0.25, -0.2) is 14.6 Å². The molecule has 5 heteroatoms. The average molecular weight is 315 g/mol. The predicted octanol–water partition coefficient (Wildman–Crippen LogP) is 3.99. The fourth-order valence-electron chi connectivity index (χ4n) is 2.75. The van der Waals surface area contributed by atoms with E-state index in [0.29, 0.717) is 0 Å². The zero-order valence-electron chi connectivity index (χ0n) is 13.3. The van der Waals surface area contributed by atoms with Crippen LogP contribution in [0, 0.1) is 0 Å². The summed E-state index contributed by atoms with van der Waals surface area (Å²) in [5.41, 5.74) is 2.98. The summed E-state index contributed by atoms with van der Waals surface area (Å²) < 4.78 is 1.83. The van der Waals surface area contributed by atoms with E-state index in [-0.39, 0.29) is 6.04 Å². The van der Waals surface area contributed by atoms with Gasteiger partial charge >= 0.3 is 0 Å². The van der Waals surface area contributed by atoms with Crippen molar-refractivity contribution < 1.29 is 0 Å². The number of aromatic nitrogens is 4. The van der Waals surface area contributed by atoms with Gasteiger partial charge in [0.1, 0.15) is 12.1 Å². The molecule has 0 aliphatic rings. The molecule has 4 rings (SSSR count). The maximum Gasteiger partial charge on any atom is 0.168 e. The van der Waals surface area contributed by atoms with Crippen LogP contribution < -0.4 is 5.32 Å². The lowest BCUT2D eigenvalue weighted by molar-refractivity contribution is 0.874. The summed E-state index contributed by atoms with van der Waals surface area (Å²) in [6.07, 6.45) is 3.38. The second-order valence-corrected chi connectivity index (χ2v) is 5.63. The quantitative estimate of drug-likeness (QED) is 0.619. The normalized spacial score (nSPS) is 12.2. The zero-order valence-corrected chi connectivity index (χ0v) is 13.3. The van der Waals surface area contributed by atoms with Crippen molar-refractivity contribution in [1.82, 2.24) is 19.7 Å². The Labute approximate surface area is 140 Å². The van der Waals surface area contributed by atoms with Crippen LogP contribution in [0.2, 0.25) is 0 Å². The van der Waals surface area contributed by atoms with Crippen molar-refractivity contribution in [3.63, 3.8) is 0 Å². The number of benzene rings is 2. The number of nitrogens with zero attached hydrogens (tertiary/aromatic N) is 4. The Kier molecular flexibility index (Phi) is 3.67. The number of hydrogen-bond acceptors (Lipinski definition) is 4. The minimum absolute atomic E-state index is 0.143. The molecule has 118 valence electrons. The summed E-state index contributed by atoms with van der Waals surface area (Å²) in [5, 5.41) is 8.85. The third kappa shape index (κ3) is 2.60. The Bertz CT molecular complexity index is 947. The van der Waals surface area contributed by atoms with E-state index in [9.17, 15) is 0 Å². The molecule has 0 aliphatic carbocycles. The highest BCUT2D eigenvalue weighted by molar-refractivity contribution is 5.87. The minimum Gasteiger partial charge on any atom is -0.363 e. The fraction of sp³-hybridized carbons (Fsp3) is 0.105. The van der Waals surface area contributed by atoms with Crippen LogP contribution in [-0.4, -0.2) is 19.7 Å². The van der Waals surface area contributed by atoms with Gasteiger partial charge < -0.3 is 5.32 Å². The molecular weight excluding hydrogens is 298 g/mol. The molecule has 0 fully saturated rings. The summed E-state index contributed by atoms with van der Waals surface area (Å²) in [6.45, 7) is 2.12. The molecule has 1 atom stereocenters. The third-order valence-corrected chi connectivity index (χ3v) is 4.02. The van der Waals surface area contributed by atoms with E-state index < -0.39 is 0 Å². The van der Waals surface area contributed by atoms with Gasteiger partial charge in [-0.3, -0.25) is 0 Å². The van der Waals surface area contributed by atoms with Gasteiger partial charge in [0, 0.05) is 6.04 Å². The van der Waals surface area contributed by atoms with Crippen LogP contribution in [0.1, 0.15) is 18.5 Å². The largest absolute Gasteiger partial charge is 0.363 e. The molecule has 2 aromatic heterocycles. The molecule has 2 heterocycles. The number of hydrogen-bond donors (Lipinski definition) is 1. The topological polar surface area (TPSA) is 55.6 Å². The standard InChI is InChI=1S/C19H17N5/c1-14(15-8-4-2-5-9-15)23-18-17-12-22-24(19(17)21-13-20-18)16-10-6-3-7-11-16/h2-14H,1H3,(H,20,21,23)/t14-/m1/s1. The molecule has 0 radical (unpaired) electrons. The number of rotatable bonds is 4. The Morgan fingerprint density at radius 3 is 2.38 bits per heavy atom. The monoisotopic (exact) mass is 315 g/mol. The highest BCUT2D eigenvalue weighted by Crippen LogP contribution is 2.25. The van der Waals surface area contributed by atoms with Crippen LogP contribution in [0.3, 0.4) is 0 Å². The van der Waals surface area contributed by atoms with Crippen molar-refractivity contribution in [2.45, 2.75) is 13.0 Å². The number of para-hydroxylation sites is 1. The van der Waals surface area contributed by atoms with Gasteiger partial charge in [0.15, 0.2) is 5.65 Å². The molecule has 2 aromatic carbocycles. The van der Waals surface area contributed by atoms with Gasteiger partial charge in [-0.2, -0.15) is 5.10 Å². The zero-order chi connectivity index (χ0) is 16.4. The molecule has 0 saturated heterocycles. The Balaban J connectivity index is 1.71. The van der Waals surface area contributed by atoms with Crippen LogP contribution in [0.15, 0.2) is 73.2 Å². The molecule has 0 spiro atoms. The molecule has 0 amide bonds. The number of anilines is 1. The van der Waals surface area contributed by atoms with Gasteiger partial charge in [-0.1, -0.05) is 48.5 Å². The Hall–Kier alpha value is -3.21. The lowest BCUT2D eigenvalue weighted by atomic mass is 10.1.